The number of hydrogen-bond donors (Lipinski definition) is 0. The molecule has 1 fully saturated rings. The van der Waals surface area contributed by atoms with E-state index in [1.54, 1.807) is 20.8 Å². The summed E-state index contributed by atoms with van der Waals surface area (Å²) in [7, 11) is 1.25. The van der Waals surface area contributed by atoms with Crippen LogP contribution in [0.5, 0.6) is 0 Å². The fourth-order valence-corrected chi connectivity index (χ4v) is 4.51. The van der Waals surface area contributed by atoms with E-state index >= 15 is 0 Å². The number of aryl methyl sites for hydroxylation is 1. The Kier molecular flexibility index (Phi) is 9.44. The number of hydrogen-bond acceptors (Lipinski definition) is 7. The van der Waals surface area contributed by atoms with Crippen molar-refractivity contribution < 1.29 is 33.4 Å². The summed E-state index contributed by atoms with van der Waals surface area (Å²) >= 11 is 0. The molecular formula is C29H35NO7. The molecule has 2 amide bonds. The first kappa shape index (κ1) is 27.9. The molecule has 0 saturated carbocycles. The van der Waals surface area contributed by atoms with Gasteiger partial charge >= 0.3 is 18.0 Å². The fraction of sp³-hybridized carbons (Fsp3) is 0.448. The van der Waals surface area contributed by atoms with Crippen LogP contribution in [-0.2, 0) is 41.4 Å². The number of carbonyl (C=O) groups excluding carboxylic acids is 4. The number of rotatable bonds is 10. The topological polar surface area (TPSA) is 99.2 Å². The number of cyclic esters (lactones) is 1. The highest BCUT2D eigenvalue weighted by atomic mass is 16.6. The molecule has 0 N–H and O–H groups in total. The minimum atomic E-state index is -1.16. The van der Waals surface area contributed by atoms with Crippen LogP contribution in [0.1, 0.15) is 44.7 Å². The van der Waals surface area contributed by atoms with Gasteiger partial charge in [0.25, 0.3) is 0 Å². The summed E-state index contributed by atoms with van der Waals surface area (Å²) < 4.78 is 15.8. The first-order chi connectivity index (χ1) is 17.6. The third-order valence-corrected chi connectivity index (χ3v) is 6.21. The quantitative estimate of drug-likeness (QED) is 0.347. The molecule has 2 aromatic carbocycles. The van der Waals surface area contributed by atoms with Gasteiger partial charge in [0.05, 0.1) is 31.4 Å². The van der Waals surface area contributed by atoms with E-state index in [-0.39, 0.29) is 19.4 Å². The van der Waals surface area contributed by atoms with Gasteiger partial charge in [0, 0.05) is 0 Å². The lowest BCUT2D eigenvalue weighted by Gasteiger charge is -2.30. The summed E-state index contributed by atoms with van der Waals surface area (Å²) in [5, 5.41) is 0. The minimum absolute atomic E-state index is 0.0333. The van der Waals surface area contributed by atoms with E-state index in [0.717, 1.165) is 16.0 Å². The summed E-state index contributed by atoms with van der Waals surface area (Å²) in [4.78, 5) is 53.5. The van der Waals surface area contributed by atoms with Crippen molar-refractivity contribution in [3.05, 3.63) is 71.8 Å². The molecule has 1 heterocycles. The molecule has 8 nitrogen and oxygen atoms in total. The highest BCUT2D eigenvalue weighted by Gasteiger charge is 2.46. The summed E-state index contributed by atoms with van der Waals surface area (Å²) in [5.74, 6) is -4.01. The van der Waals surface area contributed by atoms with Gasteiger partial charge in [-0.15, -0.1) is 0 Å². The molecule has 0 aliphatic carbocycles. The van der Waals surface area contributed by atoms with E-state index < -0.39 is 47.4 Å². The van der Waals surface area contributed by atoms with Crippen molar-refractivity contribution >= 4 is 23.9 Å². The van der Waals surface area contributed by atoms with Gasteiger partial charge in [-0.1, -0.05) is 60.7 Å². The molecule has 3 rings (SSSR count). The highest BCUT2D eigenvalue weighted by molar-refractivity contribution is 5.98. The SMILES string of the molecule is COC(=O)C(CCc1ccccc1)C(CC(=O)OC(C)(C)C)C(=O)N1C(=O)OCC1Cc1ccccc1. The van der Waals surface area contributed by atoms with E-state index in [2.05, 4.69) is 0 Å². The zero-order chi connectivity index (χ0) is 27.0. The Morgan fingerprint density at radius 1 is 0.973 bits per heavy atom. The maximum Gasteiger partial charge on any atom is 0.416 e. The van der Waals surface area contributed by atoms with Crippen LogP contribution in [0.4, 0.5) is 4.79 Å². The van der Waals surface area contributed by atoms with Crippen molar-refractivity contribution in [1.82, 2.24) is 4.90 Å². The standard InChI is InChI=1S/C29H35NO7/c1-29(2,3)37-25(31)18-24(23(27(33)35-4)16-15-20-11-7-5-8-12-20)26(32)30-22(19-36-28(30)34)17-21-13-9-6-10-14-21/h5-14,22-24H,15-19H2,1-4H3. The Hall–Kier alpha value is -3.68. The number of imide groups is 1. The largest absolute Gasteiger partial charge is 0.469 e. The van der Waals surface area contributed by atoms with Crippen LogP contribution in [0.2, 0.25) is 0 Å². The Bertz CT molecular complexity index is 1080. The number of benzene rings is 2. The smallest absolute Gasteiger partial charge is 0.416 e. The lowest BCUT2D eigenvalue weighted by molar-refractivity contribution is -0.162. The lowest BCUT2D eigenvalue weighted by Crippen LogP contribution is -2.47. The number of nitrogens with zero attached hydrogens (tertiary/aromatic N) is 1. The first-order valence-electron chi connectivity index (χ1n) is 12.5. The van der Waals surface area contributed by atoms with Crippen LogP contribution < -0.4 is 0 Å². The molecule has 2 aromatic rings. The fourth-order valence-electron chi connectivity index (χ4n) is 4.51. The van der Waals surface area contributed by atoms with Gasteiger partial charge in [0.1, 0.15) is 12.2 Å². The van der Waals surface area contributed by atoms with Crippen molar-refractivity contribution in [2.45, 2.75) is 58.1 Å². The number of esters is 2. The van der Waals surface area contributed by atoms with Gasteiger partial charge < -0.3 is 14.2 Å². The second kappa shape index (κ2) is 12.5. The maximum absolute atomic E-state index is 13.9. The second-order valence-electron chi connectivity index (χ2n) is 10.2. The van der Waals surface area contributed by atoms with E-state index in [1.807, 2.05) is 60.7 Å². The zero-order valence-electron chi connectivity index (χ0n) is 21.8. The van der Waals surface area contributed by atoms with Gasteiger partial charge in [-0.2, -0.15) is 0 Å². The van der Waals surface area contributed by atoms with Crippen LogP contribution in [0.15, 0.2) is 60.7 Å². The zero-order valence-corrected chi connectivity index (χ0v) is 21.8. The van der Waals surface area contributed by atoms with Gasteiger partial charge in [0.2, 0.25) is 5.91 Å². The van der Waals surface area contributed by atoms with E-state index in [4.69, 9.17) is 14.2 Å². The van der Waals surface area contributed by atoms with E-state index in [9.17, 15) is 19.2 Å². The molecular weight excluding hydrogens is 474 g/mol. The van der Waals surface area contributed by atoms with E-state index in [0.29, 0.717) is 12.8 Å². The molecule has 0 radical (unpaired) electrons. The van der Waals surface area contributed by atoms with Gasteiger partial charge in [-0.25, -0.2) is 9.69 Å². The molecule has 1 saturated heterocycles. The molecule has 198 valence electrons. The maximum atomic E-state index is 13.9. The average Bonchev–Trinajstić information content (AvgIpc) is 3.22. The average molecular weight is 510 g/mol. The third kappa shape index (κ3) is 7.90. The predicted molar refractivity (Wildman–Crippen MR) is 136 cm³/mol. The molecule has 1 aliphatic heterocycles. The van der Waals surface area contributed by atoms with Crippen molar-refractivity contribution in [3.8, 4) is 0 Å². The summed E-state index contributed by atoms with van der Waals surface area (Å²) in [5.41, 5.74) is 1.13. The van der Waals surface area contributed by atoms with Crippen LogP contribution in [0.25, 0.3) is 0 Å². The monoisotopic (exact) mass is 509 g/mol. The number of ether oxygens (including phenoxy) is 3. The molecule has 0 bridgehead atoms. The van der Waals surface area contributed by atoms with Gasteiger partial charge in [-0.05, 0) is 51.2 Å². The Morgan fingerprint density at radius 2 is 1.57 bits per heavy atom. The second-order valence-corrected chi connectivity index (χ2v) is 10.2. The summed E-state index contributed by atoms with van der Waals surface area (Å²) in [6, 6.07) is 18.4. The lowest BCUT2D eigenvalue weighted by atomic mass is 9.83. The molecule has 0 spiro atoms. The van der Waals surface area contributed by atoms with Gasteiger partial charge in [-0.3, -0.25) is 14.4 Å². The first-order valence-corrected chi connectivity index (χ1v) is 12.5. The Balaban J connectivity index is 1.91. The van der Waals surface area contributed by atoms with E-state index in [1.165, 1.54) is 7.11 Å². The summed E-state index contributed by atoms with van der Waals surface area (Å²) in [6.45, 7) is 5.21. The number of carbonyl (C=O) groups is 4. The molecule has 0 aromatic heterocycles. The van der Waals surface area contributed by atoms with Crippen LogP contribution in [0.3, 0.4) is 0 Å². The van der Waals surface area contributed by atoms with Crippen LogP contribution in [-0.4, -0.2) is 54.2 Å². The predicted octanol–water partition coefficient (Wildman–Crippen LogP) is 4.35. The van der Waals surface area contributed by atoms with Crippen molar-refractivity contribution in [2.24, 2.45) is 11.8 Å². The minimum Gasteiger partial charge on any atom is -0.469 e. The van der Waals surface area contributed by atoms with Crippen molar-refractivity contribution in [2.75, 3.05) is 13.7 Å². The van der Waals surface area contributed by atoms with Crippen LogP contribution in [0, 0.1) is 11.8 Å². The molecule has 1 aliphatic rings. The molecule has 3 atom stereocenters. The Labute approximate surface area is 217 Å². The normalized spacial score (nSPS) is 17.0. The van der Waals surface area contributed by atoms with Gasteiger partial charge in [0.15, 0.2) is 0 Å². The molecule has 8 heteroatoms. The Morgan fingerprint density at radius 3 is 2.14 bits per heavy atom. The molecule has 37 heavy (non-hydrogen) atoms. The van der Waals surface area contributed by atoms with Crippen molar-refractivity contribution in [1.29, 1.82) is 0 Å². The third-order valence-electron chi connectivity index (χ3n) is 6.21. The highest BCUT2D eigenvalue weighted by Crippen LogP contribution is 2.30. The number of amides is 2. The molecule has 3 unspecified atom stereocenters. The van der Waals surface area contributed by atoms with Crippen LogP contribution >= 0.6 is 0 Å². The van der Waals surface area contributed by atoms with Crippen molar-refractivity contribution in [3.63, 3.8) is 0 Å². The number of methoxy groups -OCH3 is 1. The summed E-state index contributed by atoms with van der Waals surface area (Å²) in [6.07, 6.45) is -0.0258.